The van der Waals surface area contributed by atoms with Crippen molar-refractivity contribution < 1.29 is 14.3 Å². The SMILES string of the molecule is CCC(CN)C(=O)c1ccc(OC)c(Br)c1OC. The molecule has 0 aliphatic rings. The molecule has 1 atom stereocenters. The summed E-state index contributed by atoms with van der Waals surface area (Å²) in [6.45, 7) is 2.28. The molecule has 100 valence electrons. The molecule has 5 heteroatoms. The second-order valence-electron chi connectivity index (χ2n) is 3.87. The van der Waals surface area contributed by atoms with E-state index in [0.29, 0.717) is 34.5 Å². The van der Waals surface area contributed by atoms with Crippen LogP contribution in [0.15, 0.2) is 16.6 Å². The molecule has 1 rings (SSSR count). The Bertz CT molecular complexity index is 430. The molecule has 0 fully saturated rings. The predicted molar refractivity (Wildman–Crippen MR) is 74.4 cm³/mol. The number of ketones is 1. The van der Waals surface area contributed by atoms with Crippen LogP contribution in [-0.4, -0.2) is 26.5 Å². The van der Waals surface area contributed by atoms with Crippen molar-refractivity contribution in [2.24, 2.45) is 11.7 Å². The summed E-state index contributed by atoms with van der Waals surface area (Å²) in [7, 11) is 3.09. The summed E-state index contributed by atoms with van der Waals surface area (Å²) >= 11 is 3.38. The Morgan fingerprint density at radius 1 is 1.39 bits per heavy atom. The highest BCUT2D eigenvalue weighted by Crippen LogP contribution is 2.38. The molecule has 0 heterocycles. The van der Waals surface area contributed by atoms with Gasteiger partial charge in [0.2, 0.25) is 0 Å². The van der Waals surface area contributed by atoms with E-state index < -0.39 is 0 Å². The molecule has 0 saturated carbocycles. The Kier molecular flexibility index (Phi) is 5.62. The van der Waals surface area contributed by atoms with Crippen LogP contribution in [-0.2, 0) is 0 Å². The number of hydrogen-bond acceptors (Lipinski definition) is 4. The Morgan fingerprint density at radius 3 is 2.50 bits per heavy atom. The van der Waals surface area contributed by atoms with Crippen LogP contribution in [0.25, 0.3) is 0 Å². The van der Waals surface area contributed by atoms with Gasteiger partial charge in [0.15, 0.2) is 5.78 Å². The van der Waals surface area contributed by atoms with Gasteiger partial charge in [0.1, 0.15) is 16.0 Å². The number of carbonyl (C=O) groups excluding carboxylic acids is 1. The van der Waals surface area contributed by atoms with Crippen LogP contribution >= 0.6 is 15.9 Å². The topological polar surface area (TPSA) is 61.6 Å². The molecule has 0 aliphatic carbocycles. The highest BCUT2D eigenvalue weighted by atomic mass is 79.9. The summed E-state index contributed by atoms with van der Waals surface area (Å²) < 4.78 is 11.1. The van der Waals surface area contributed by atoms with Gasteiger partial charge in [-0.2, -0.15) is 0 Å². The first-order valence-electron chi connectivity index (χ1n) is 5.75. The third kappa shape index (κ3) is 2.84. The van der Waals surface area contributed by atoms with Gasteiger partial charge in [0.05, 0.1) is 19.8 Å². The molecule has 0 amide bonds. The maximum atomic E-state index is 12.3. The minimum atomic E-state index is -0.181. The first-order chi connectivity index (χ1) is 8.60. The molecular formula is C13H18BrNO3. The van der Waals surface area contributed by atoms with Crippen LogP contribution < -0.4 is 15.2 Å². The highest BCUT2D eigenvalue weighted by molar-refractivity contribution is 9.10. The zero-order valence-electron chi connectivity index (χ0n) is 10.8. The van der Waals surface area contributed by atoms with E-state index in [0.717, 1.165) is 0 Å². The van der Waals surface area contributed by atoms with E-state index in [1.807, 2.05) is 6.92 Å². The third-order valence-corrected chi connectivity index (χ3v) is 3.65. The molecule has 1 unspecified atom stereocenters. The van der Waals surface area contributed by atoms with Gasteiger partial charge in [-0.25, -0.2) is 0 Å². The monoisotopic (exact) mass is 315 g/mol. The van der Waals surface area contributed by atoms with Crippen molar-refractivity contribution in [3.05, 3.63) is 22.2 Å². The molecule has 0 radical (unpaired) electrons. The van der Waals surface area contributed by atoms with Crippen molar-refractivity contribution in [1.82, 2.24) is 0 Å². The van der Waals surface area contributed by atoms with Gasteiger partial charge in [-0.05, 0) is 34.5 Å². The summed E-state index contributed by atoms with van der Waals surface area (Å²) in [4.78, 5) is 12.3. The zero-order chi connectivity index (χ0) is 13.7. The highest BCUT2D eigenvalue weighted by Gasteiger charge is 2.23. The maximum absolute atomic E-state index is 12.3. The minimum absolute atomic E-state index is 0.000188. The Hall–Kier alpha value is -1.07. The molecule has 1 aromatic carbocycles. The fraction of sp³-hybridized carbons (Fsp3) is 0.462. The molecule has 1 aromatic rings. The summed E-state index contributed by atoms with van der Waals surface area (Å²) in [6.07, 6.45) is 0.710. The fourth-order valence-corrected chi connectivity index (χ4v) is 2.44. The fourth-order valence-electron chi connectivity index (χ4n) is 1.77. The lowest BCUT2D eigenvalue weighted by molar-refractivity contribution is 0.0918. The van der Waals surface area contributed by atoms with E-state index in [2.05, 4.69) is 15.9 Å². The van der Waals surface area contributed by atoms with Gasteiger partial charge in [0, 0.05) is 12.5 Å². The van der Waals surface area contributed by atoms with Crippen molar-refractivity contribution >= 4 is 21.7 Å². The van der Waals surface area contributed by atoms with E-state index >= 15 is 0 Å². The lowest BCUT2D eigenvalue weighted by atomic mass is 9.94. The second-order valence-corrected chi connectivity index (χ2v) is 4.66. The Morgan fingerprint density at radius 2 is 2.06 bits per heavy atom. The van der Waals surface area contributed by atoms with Crippen LogP contribution in [0, 0.1) is 5.92 Å². The number of hydrogen-bond donors (Lipinski definition) is 1. The zero-order valence-corrected chi connectivity index (χ0v) is 12.4. The van der Waals surface area contributed by atoms with E-state index in [1.54, 1.807) is 19.2 Å². The van der Waals surface area contributed by atoms with Crippen LogP contribution in [0.2, 0.25) is 0 Å². The summed E-state index contributed by atoms with van der Waals surface area (Å²) in [5.74, 6) is 0.940. The minimum Gasteiger partial charge on any atom is -0.495 e. The number of Topliss-reactive ketones (excluding diaryl/α,β-unsaturated/α-hetero) is 1. The van der Waals surface area contributed by atoms with Crippen LogP contribution in [0.4, 0.5) is 0 Å². The third-order valence-electron chi connectivity index (χ3n) is 2.90. The van der Waals surface area contributed by atoms with Gasteiger partial charge in [-0.15, -0.1) is 0 Å². The van der Waals surface area contributed by atoms with Gasteiger partial charge in [-0.1, -0.05) is 6.92 Å². The first kappa shape index (κ1) is 15.0. The average molecular weight is 316 g/mol. The molecular weight excluding hydrogens is 298 g/mol. The lowest BCUT2D eigenvalue weighted by Crippen LogP contribution is -2.23. The summed E-state index contributed by atoms with van der Waals surface area (Å²) in [5.41, 5.74) is 6.14. The molecule has 2 N–H and O–H groups in total. The van der Waals surface area contributed by atoms with E-state index in [1.165, 1.54) is 7.11 Å². The molecule has 4 nitrogen and oxygen atoms in total. The number of carbonyl (C=O) groups is 1. The van der Waals surface area contributed by atoms with Crippen LogP contribution in [0.5, 0.6) is 11.5 Å². The molecule has 0 aromatic heterocycles. The molecule has 0 bridgehead atoms. The van der Waals surface area contributed by atoms with E-state index in [-0.39, 0.29) is 11.7 Å². The van der Waals surface area contributed by atoms with Crippen LogP contribution in [0.3, 0.4) is 0 Å². The van der Waals surface area contributed by atoms with Crippen LogP contribution in [0.1, 0.15) is 23.7 Å². The largest absolute Gasteiger partial charge is 0.495 e. The first-order valence-corrected chi connectivity index (χ1v) is 6.54. The quantitative estimate of drug-likeness (QED) is 0.820. The standard InChI is InChI=1S/C13H18BrNO3/c1-4-8(7-15)12(16)9-5-6-10(17-2)11(14)13(9)18-3/h5-6,8H,4,7,15H2,1-3H3. The predicted octanol–water partition coefficient (Wildman–Crippen LogP) is 2.63. The van der Waals surface area contributed by atoms with Crippen molar-refractivity contribution in [3.8, 4) is 11.5 Å². The number of ether oxygens (including phenoxy) is 2. The smallest absolute Gasteiger partial charge is 0.170 e. The van der Waals surface area contributed by atoms with Gasteiger partial charge in [-0.3, -0.25) is 4.79 Å². The van der Waals surface area contributed by atoms with Crippen molar-refractivity contribution in [1.29, 1.82) is 0 Å². The van der Waals surface area contributed by atoms with Crippen molar-refractivity contribution in [3.63, 3.8) is 0 Å². The maximum Gasteiger partial charge on any atom is 0.170 e. The Labute approximate surface area is 116 Å². The van der Waals surface area contributed by atoms with E-state index in [9.17, 15) is 4.79 Å². The summed E-state index contributed by atoms with van der Waals surface area (Å²) in [5, 5.41) is 0. The number of halogens is 1. The van der Waals surface area contributed by atoms with Gasteiger partial charge >= 0.3 is 0 Å². The molecule has 0 saturated heterocycles. The number of methoxy groups -OCH3 is 2. The average Bonchev–Trinajstić information content (AvgIpc) is 2.39. The van der Waals surface area contributed by atoms with Gasteiger partial charge < -0.3 is 15.2 Å². The number of benzene rings is 1. The number of rotatable bonds is 6. The molecule has 0 aliphatic heterocycles. The number of nitrogens with two attached hydrogens (primary N) is 1. The van der Waals surface area contributed by atoms with Crippen molar-refractivity contribution in [2.45, 2.75) is 13.3 Å². The van der Waals surface area contributed by atoms with Gasteiger partial charge in [0.25, 0.3) is 0 Å². The molecule has 18 heavy (non-hydrogen) atoms. The second kappa shape index (κ2) is 6.75. The lowest BCUT2D eigenvalue weighted by Gasteiger charge is -2.16. The normalized spacial score (nSPS) is 12.1. The van der Waals surface area contributed by atoms with Crippen molar-refractivity contribution in [2.75, 3.05) is 20.8 Å². The Balaban J connectivity index is 3.24. The summed E-state index contributed by atoms with van der Waals surface area (Å²) in [6, 6.07) is 3.45. The molecule has 0 spiro atoms. The van der Waals surface area contributed by atoms with E-state index in [4.69, 9.17) is 15.2 Å².